The van der Waals surface area contributed by atoms with Crippen molar-refractivity contribution in [3.63, 3.8) is 0 Å². The summed E-state index contributed by atoms with van der Waals surface area (Å²) in [5.41, 5.74) is 0. The quantitative estimate of drug-likeness (QED) is 0.783. The molecule has 1 aromatic rings. The van der Waals surface area contributed by atoms with Crippen LogP contribution in [0.3, 0.4) is 0 Å². The van der Waals surface area contributed by atoms with Gasteiger partial charge in [0, 0.05) is 13.0 Å². The molecule has 1 saturated carbocycles. The molecule has 1 aliphatic carbocycles. The number of aliphatic hydroxyl groups is 1. The first-order chi connectivity index (χ1) is 6.85. The Morgan fingerprint density at radius 1 is 1.36 bits per heavy atom. The molecule has 2 rings (SSSR count). The summed E-state index contributed by atoms with van der Waals surface area (Å²) in [5.74, 6) is 2.54. The van der Waals surface area contributed by atoms with Gasteiger partial charge in [0.2, 0.25) is 0 Å². The molecule has 78 valence electrons. The molecule has 0 aliphatic heterocycles. The van der Waals surface area contributed by atoms with Gasteiger partial charge in [0.05, 0.1) is 0 Å². The van der Waals surface area contributed by atoms with Crippen molar-refractivity contribution < 1.29 is 5.11 Å². The first-order valence-corrected chi connectivity index (χ1v) is 5.37. The maximum absolute atomic E-state index is 9.04. The molecule has 1 fully saturated rings. The Labute approximate surface area is 84.0 Å². The van der Waals surface area contributed by atoms with Crippen molar-refractivity contribution >= 4 is 0 Å². The van der Waals surface area contributed by atoms with Crippen LogP contribution in [0.1, 0.15) is 37.8 Å². The molecular formula is C10H17N3O. The van der Waals surface area contributed by atoms with Crippen molar-refractivity contribution in [2.45, 2.75) is 45.8 Å². The fraction of sp³-hybridized carbons (Fsp3) is 0.800. The number of hydrogen-bond acceptors (Lipinski definition) is 3. The van der Waals surface area contributed by atoms with E-state index in [1.165, 1.54) is 19.3 Å². The van der Waals surface area contributed by atoms with Gasteiger partial charge in [-0.25, -0.2) is 0 Å². The van der Waals surface area contributed by atoms with E-state index in [1.54, 1.807) is 0 Å². The molecule has 0 aromatic carbocycles. The lowest BCUT2D eigenvalue weighted by molar-refractivity contribution is 0.263. The second-order valence-electron chi connectivity index (χ2n) is 3.94. The van der Waals surface area contributed by atoms with Gasteiger partial charge in [-0.2, -0.15) is 0 Å². The van der Waals surface area contributed by atoms with Crippen LogP contribution in [0.25, 0.3) is 0 Å². The molecule has 1 heterocycles. The Morgan fingerprint density at radius 2 is 2.07 bits per heavy atom. The van der Waals surface area contributed by atoms with E-state index < -0.39 is 0 Å². The Balaban J connectivity index is 2.10. The highest BCUT2D eigenvalue weighted by Gasteiger charge is 2.21. The molecule has 0 spiro atoms. The van der Waals surface area contributed by atoms with E-state index in [0.717, 1.165) is 24.7 Å². The lowest BCUT2D eigenvalue weighted by atomic mass is 9.83. The Bertz CT molecular complexity index is 304. The summed E-state index contributed by atoms with van der Waals surface area (Å²) in [5, 5.41) is 17.2. The highest BCUT2D eigenvalue weighted by molar-refractivity contribution is 4.97. The second kappa shape index (κ2) is 4.09. The summed E-state index contributed by atoms with van der Waals surface area (Å²) in [6, 6.07) is 0. The molecular weight excluding hydrogens is 178 g/mol. The summed E-state index contributed by atoms with van der Waals surface area (Å²) in [6.45, 7) is 2.91. The van der Waals surface area contributed by atoms with E-state index >= 15 is 0 Å². The Hall–Kier alpha value is -0.900. The van der Waals surface area contributed by atoms with E-state index in [9.17, 15) is 0 Å². The highest BCUT2D eigenvalue weighted by Crippen LogP contribution is 2.29. The first-order valence-electron chi connectivity index (χ1n) is 5.37. The smallest absolute Gasteiger partial charge is 0.158 e. The van der Waals surface area contributed by atoms with E-state index in [-0.39, 0.29) is 6.61 Å². The average Bonchev–Trinajstić information content (AvgIpc) is 2.53. The van der Waals surface area contributed by atoms with Crippen molar-refractivity contribution in [1.29, 1.82) is 0 Å². The third kappa shape index (κ3) is 1.66. The normalized spacial score (nSPS) is 17.0. The van der Waals surface area contributed by atoms with E-state index in [0.29, 0.717) is 5.82 Å². The number of nitrogens with zero attached hydrogens (tertiary/aromatic N) is 3. The van der Waals surface area contributed by atoms with Crippen molar-refractivity contribution in [3.8, 4) is 0 Å². The minimum atomic E-state index is -0.00843. The van der Waals surface area contributed by atoms with Crippen LogP contribution in [0.2, 0.25) is 0 Å². The van der Waals surface area contributed by atoms with Crippen LogP contribution >= 0.6 is 0 Å². The number of hydrogen-bond donors (Lipinski definition) is 1. The van der Waals surface area contributed by atoms with E-state index in [4.69, 9.17) is 5.11 Å². The molecule has 14 heavy (non-hydrogen) atoms. The first kappa shape index (κ1) is 9.65. The molecule has 0 amide bonds. The molecule has 0 atom stereocenters. The van der Waals surface area contributed by atoms with Crippen LogP contribution in [0.5, 0.6) is 0 Å². The molecule has 1 aromatic heterocycles. The maximum Gasteiger partial charge on any atom is 0.158 e. The largest absolute Gasteiger partial charge is 0.388 e. The predicted octanol–water partition coefficient (Wildman–Crippen LogP) is 1.13. The van der Waals surface area contributed by atoms with Crippen molar-refractivity contribution in [1.82, 2.24) is 14.8 Å². The second-order valence-corrected chi connectivity index (χ2v) is 3.94. The zero-order chi connectivity index (χ0) is 9.97. The standard InChI is InChI=1S/C10H17N3O/c1-2-13-9(6-8-4-3-5-8)11-12-10(13)7-14/h8,14H,2-7H2,1H3. The molecule has 0 unspecified atom stereocenters. The number of rotatable bonds is 4. The molecule has 1 aliphatic rings. The van der Waals surface area contributed by atoms with Gasteiger partial charge in [-0.1, -0.05) is 19.3 Å². The fourth-order valence-electron chi connectivity index (χ4n) is 1.96. The Morgan fingerprint density at radius 3 is 2.57 bits per heavy atom. The Kier molecular flexibility index (Phi) is 2.82. The van der Waals surface area contributed by atoms with Crippen LogP contribution in [0.15, 0.2) is 0 Å². The molecule has 0 bridgehead atoms. The van der Waals surface area contributed by atoms with Crippen LogP contribution in [-0.4, -0.2) is 19.9 Å². The van der Waals surface area contributed by atoms with Crippen LogP contribution in [0.4, 0.5) is 0 Å². The van der Waals surface area contributed by atoms with Crippen LogP contribution in [0, 0.1) is 5.92 Å². The number of aromatic nitrogens is 3. The fourth-order valence-corrected chi connectivity index (χ4v) is 1.96. The van der Waals surface area contributed by atoms with Crippen molar-refractivity contribution in [3.05, 3.63) is 11.6 Å². The zero-order valence-corrected chi connectivity index (χ0v) is 8.61. The topological polar surface area (TPSA) is 50.9 Å². The molecule has 0 saturated heterocycles. The monoisotopic (exact) mass is 195 g/mol. The molecule has 4 heteroatoms. The summed E-state index contributed by atoms with van der Waals surface area (Å²) in [4.78, 5) is 0. The third-order valence-corrected chi connectivity index (χ3v) is 3.06. The minimum absolute atomic E-state index is 0.00843. The van der Waals surface area contributed by atoms with Gasteiger partial charge in [0.25, 0.3) is 0 Å². The molecule has 0 radical (unpaired) electrons. The van der Waals surface area contributed by atoms with E-state index in [1.807, 2.05) is 4.57 Å². The lowest BCUT2D eigenvalue weighted by Crippen LogP contribution is -2.17. The van der Waals surface area contributed by atoms with Gasteiger partial charge in [-0.05, 0) is 12.8 Å². The molecule has 1 N–H and O–H groups in total. The van der Waals surface area contributed by atoms with Crippen molar-refractivity contribution in [2.75, 3.05) is 0 Å². The van der Waals surface area contributed by atoms with E-state index in [2.05, 4.69) is 17.1 Å². The SMILES string of the molecule is CCn1c(CO)nnc1CC1CCC1. The average molecular weight is 195 g/mol. The zero-order valence-electron chi connectivity index (χ0n) is 8.61. The minimum Gasteiger partial charge on any atom is -0.388 e. The van der Waals surface area contributed by atoms with Gasteiger partial charge >= 0.3 is 0 Å². The summed E-state index contributed by atoms with van der Waals surface area (Å²) in [6.07, 6.45) is 5.04. The molecule has 4 nitrogen and oxygen atoms in total. The van der Waals surface area contributed by atoms with Gasteiger partial charge in [-0.15, -0.1) is 10.2 Å². The maximum atomic E-state index is 9.04. The predicted molar refractivity (Wildman–Crippen MR) is 52.7 cm³/mol. The highest BCUT2D eigenvalue weighted by atomic mass is 16.3. The van der Waals surface area contributed by atoms with Crippen LogP contribution < -0.4 is 0 Å². The van der Waals surface area contributed by atoms with Gasteiger partial charge < -0.3 is 9.67 Å². The summed E-state index contributed by atoms with van der Waals surface area (Å²) < 4.78 is 2.03. The summed E-state index contributed by atoms with van der Waals surface area (Å²) in [7, 11) is 0. The third-order valence-electron chi connectivity index (χ3n) is 3.06. The number of aliphatic hydroxyl groups excluding tert-OH is 1. The van der Waals surface area contributed by atoms with Crippen molar-refractivity contribution in [2.24, 2.45) is 5.92 Å². The van der Waals surface area contributed by atoms with Gasteiger partial charge in [-0.3, -0.25) is 0 Å². The van der Waals surface area contributed by atoms with Gasteiger partial charge in [0.15, 0.2) is 5.82 Å². The van der Waals surface area contributed by atoms with Gasteiger partial charge in [0.1, 0.15) is 12.4 Å². The summed E-state index contributed by atoms with van der Waals surface area (Å²) >= 11 is 0. The van der Waals surface area contributed by atoms with Crippen LogP contribution in [-0.2, 0) is 19.6 Å². The lowest BCUT2D eigenvalue weighted by Gasteiger charge is -2.24.